The number of para-hydroxylation sites is 2. The van der Waals surface area contributed by atoms with E-state index in [1.54, 1.807) is 0 Å². The van der Waals surface area contributed by atoms with Crippen LogP contribution in [0.2, 0.25) is 0 Å². The molecule has 2 nitrogen and oxygen atoms in total. The van der Waals surface area contributed by atoms with Gasteiger partial charge in [-0.2, -0.15) is 0 Å². The second-order valence-electron chi connectivity index (χ2n) is 29.6. The van der Waals surface area contributed by atoms with Crippen LogP contribution in [0.3, 0.4) is 0 Å². The number of benzene rings is 9. The predicted molar refractivity (Wildman–Crippen MR) is 354 cm³/mol. The highest BCUT2D eigenvalue weighted by Gasteiger charge is 2.45. The van der Waals surface area contributed by atoms with E-state index in [2.05, 4.69) is 322 Å². The van der Waals surface area contributed by atoms with E-state index in [4.69, 9.17) is 0 Å². The SMILES string of the molecule is CC(C)(C)c1cc(-c2ccccc2N2c3ccc(-c4ccccc4C(C)(C)C)cc3B3c4cc(C(C)(C)C)ccc4N(c4ccccc4-c4cc(C(C)(C)C)cc(C(C)(C)C)c4)c4cc(-c5ccccc5)cc2c43)cc(C(C)(C)C)c1. The fourth-order valence-electron chi connectivity index (χ4n) is 12.5. The molecule has 0 bridgehead atoms. The van der Waals surface area contributed by atoms with Gasteiger partial charge in [0.1, 0.15) is 0 Å². The van der Waals surface area contributed by atoms with Crippen LogP contribution in [0.1, 0.15) is 158 Å². The van der Waals surface area contributed by atoms with Gasteiger partial charge in [-0.25, -0.2) is 0 Å². The average molecular weight is 1060 g/mol. The summed E-state index contributed by atoms with van der Waals surface area (Å²) in [5, 5.41) is 0. The molecule has 2 aliphatic heterocycles. The first-order chi connectivity index (χ1) is 38.0. The molecule has 0 spiro atoms. The first kappa shape index (κ1) is 55.5. The van der Waals surface area contributed by atoms with Crippen LogP contribution in [0.4, 0.5) is 34.1 Å². The van der Waals surface area contributed by atoms with Crippen molar-refractivity contribution in [2.75, 3.05) is 9.80 Å². The zero-order chi connectivity index (χ0) is 57.9. The quantitative estimate of drug-likeness (QED) is 0.153. The molecule has 0 N–H and O–H groups in total. The molecule has 0 saturated heterocycles. The highest BCUT2D eigenvalue weighted by Crippen LogP contribution is 2.51. The van der Waals surface area contributed by atoms with E-state index in [-0.39, 0.29) is 39.2 Å². The van der Waals surface area contributed by atoms with Crippen molar-refractivity contribution in [3.05, 3.63) is 221 Å². The van der Waals surface area contributed by atoms with E-state index >= 15 is 0 Å². The fourth-order valence-corrected chi connectivity index (χ4v) is 12.5. The molecule has 0 fully saturated rings. The summed E-state index contributed by atoms with van der Waals surface area (Å²) in [7, 11) is 0. The Balaban J connectivity index is 1.30. The molecule has 3 heteroatoms. The molecule has 0 aromatic heterocycles. The van der Waals surface area contributed by atoms with Crippen LogP contribution in [0.15, 0.2) is 188 Å². The van der Waals surface area contributed by atoms with Crippen LogP contribution in [0, 0.1) is 0 Å². The largest absolute Gasteiger partial charge is 0.311 e. The summed E-state index contributed by atoms with van der Waals surface area (Å²) in [5.74, 6) is 0. The standard InChI is InChI=1S/C78H85BN2/c1-73(2,3)55-37-39-69-65(49-55)79-64-44-51(60-30-22-25-33-63(60)78(16,17)18)36-38-68(64)80(66-34-26-23-31-61(66)53-40-56(74(4,5)6)47-57(41-53)75(7,8)9)70-45-52(50-28-20-19-21-29-50)46-71(72(70)79)81(69)67-35-27-24-32-62(67)54-42-58(76(10,11)12)48-59(43-54)77(13,14)15/h19-49H,1-18H3. The van der Waals surface area contributed by atoms with Crippen LogP contribution in [-0.4, -0.2) is 6.71 Å². The summed E-state index contributed by atoms with van der Waals surface area (Å²) < 4.78 is 0. The molecular formula is C78H85BN2. The minimum Gasteiger partial charge on any atom is -0.311 e. The summed E-state index contributed by atoms with van der Waals surface area (Å²) in [6, 6.07) is 73.2. The predicted octanol–water partition coefficient (Wildman–Crippen LogP) is 20.2. The average Bonchev–Trinajstić information content (AvgIpc) is 3.58. The Hall–Kier alpha value is -7.36. The van der Waals surface area contributed by atoms with Gasteiger partial charge in [0.05, 0.1) is 11.4 Å². The molecule has 2 heterocycles. The van der Waals surface area contributed by atoms with Crippen LogP contribution in [0.5, 0.6) is 0 Å². The Kier molecular flexibility index (Phi) is 13.5. The zero-order valence-corrected chi connectivity index (χ0v) is 51.9. The molecule has 81 heavy (non-hydrogen) atoms. The van der Waals surface area contributed by atoms with Gasteiger partial charge in [-0.3, -0.25) is 0 Å². The highest BCUT2D eigenvalue weighted by atomic mass is 15.2. The number of hydrogen-bond donors (Lipinski definition) is 0. The maximum absolute atomic E-state index is 2.65. The van der Waals surface area contributed by atoms with E-state index < -0.39 is 0 Å². The molecule has 0 saturated carbocycles. The molecule has 9 aromatic carbocycles. The summed E-state index contributed by atoms with van der Waals surface area (Å²) >= 11 is 0. The van der Waals surface area contributed by atoms with Crippen molar-refractivity contribution in [2.45, 2.75) is 157 Å². The second kappa shape index (κ2) is 19.7. The van der Waals surface area contributed by atoms with E-state index in [1.807, 2.05) is 0 Å². The number of nitrogens with zero attached hydrogens (tertiary/aromatic N) is 2. The molecule has 2 aliphatic rings. The summed E-state index contributed by atoms with van der Waals surface area (Å²) in [6.45, 7) is 42.2. The summed E-state index contributed by atoms with van der Waals surface area (Å²) in [5.41, 5.74) is 28.5. The van der Waals surface area contributed by atoms with Crippen LogP contribution in [-0.2, 0) is 32.5 Å². The van der Waals surface area contributed by atoms with Gasteiger partial charge in [0.15, 0.2) is 0 Å². The summed E-state index contributed by atoms with van der Waals surface area (Å²) in [6.07, 6.45) is 0. The third-order valence-corrected chi connectivity index (χ3v) is 17.3. The van der Waals surface area contributed by atoms with Gasteiger partial charge in [0.2, 0.25) is 0 Å². The third-order valence-electron chi connectivity index (χ3n) is 17.3. The van der Waals surface area contributed by atoms with E-state index in [1.165, 1.54) is 123 Å². The summed E-state index contributed by atoms with van der Waals surface area (Å²) in [4.78, 5) is 5.30. The normalized spacial score (nSPS) is 13.7. The van der Waals surface area contributed by atoms with Crippen molar-refractivity contribution >= 4 is 57.2 Å². The zero-order valence-electron chi connectivity index (χ0n) is 51.9. The number of rotatable bonds is 6. The Morgan fingerprint density at radius 2 is 0.642 bits per heavy atom. The minimum atomic E-state index is -0.103. The molecule has 0 aliphatic carbocycles. The fraction of sp³-hybridized carbons (Fsp3) is 0.308. The lowest BCUT2D eigenvalue weighted by Crippen LogP contribution is -2.61. The third kappa shape index (κ3) is 10.3. The molecule has 0 amide bonds. The molecular weight excluding hydrogens is 976 g/mol. The minimum absolute atomic E-state index is 0.0515. The van der Waals surface area contributed by atoms with Gasteiger partial charge in [0, 0.05) is 33.9 Å². The first-order valence-corrected chi connectivity index (χ1v) is 29.7. The van der Waals surface area contributed by atoms with Crippen molar-refractivity contribution in [3.8, 4) is 44.5 Å². The van der Waals surface area contributed by atoms with Crippen molar-refractivity contribution in [2.24, 2.45) is 0 Å². The molecule has 0 atom stereocenters. The monoisotopic (exact) mass is 1060 g/mol. The van der Waals surface area contributed by atoms with E-state index in [9.17, 15) is 0 Å². The van der Waals surface area contributed by atoms with Crippen LogP contribution >= 0.6 is 0 Å². The van der Waals surface area contributed by atoms with E-state index in [0.29, 0.717) is 0 Å². The van der Waals surface area contributed by atoms with Gasteiger partial charge < -0.3 is 9.80 Å². The molecule has 0 radical (unpaired) electrons. The van der Waals surface area contributed by atoms with Gasteiger partial charge in [-0.1, -0.05) is 276 Å². The number of fused-ring (bicyclic) bond motifs is 4. The van der Waals surface area contributed by atoms with Crippen molar-refractivity contribution in [3.63, 3.8) is 0 Å². The van der Waals surface area contributed by atoms with Gasteiger partial charge in [0.25, 0.3) is 6.71 Å². The highest BCUT2D eigenvalue weighted by molar-refractivity contribution is 7.00. The Labute approximate surface area is 487 Å². The van der Waals surface area contributed by atoms with Crippen LogP contribution in [0.25, 0.3) is 44.5 Å². The van der Waals surface area contributed by atoms with E-state index in [0.717, 1.165) is 5.69 Å². The Bertz CT molecular complexity index is 3810. The van der Waals surface area contributed by atoms with Gasteiger partial charge in [-0.15, -0.1) is 0 Å². The maximum atomic E-state index is 2.65. The first-order valence-electron chi connectivity index (χ1n) is 29.7. The lowest BCUT2D eigenvalue weighted by Gasteiger charge is -2.45. The number of hydrogen-bond acceptors (Lipinski definition) is 2. The lowest BCUT2D eigenvalue weighted by molar-refractivity contribution is 0.568. The topological polar surface area (TPSA) is 6.48 Å². The van der Waals surface area contributed by atoms with Gasteiger partial charge >= 0.3 is 0 Å². The molecule has 0 unspecified atom stereocenters. The second-order valence-corrected chi connectivity index (χ2v) is 29.6. The van der Waals surface area contributed by atoms with Crippen molar-refractivity contribution < 1.29 is 0 Å². The Morgan fingerprint density at radius 3 is 1.09 bits per heavy atom. The maximum Gasteiger partial charge on any atom is 0.252 e. The number of anilines is 6. The van der Waals surface area contributed by atoms with Gasteiger partial charge in [-0.05, 0) is 152 Å². The van der Waals surface area contributed by atoms with Crippen molar-refractivity contribution in [1.29, 1.82) is 0 Å². The molecule has 11 rings (SSSR count). The lowest BCUT2D eigenvalue weighted by atomic mass is 9.33. The Morgan fingerprint density at radius 1 is 0.247 bits per heavy atom. The van der Waals surface area contributed by atoms with Crippen LogP contribution < -0.4 is 26.2 Å². The van der Waals surface area contributed by atoms with Crippen molar-refractivity contribution in [1.82, 2.24) is 0 Å². The molecule has 410 valence electrons. The molecule has 9 aromatic rings. The smallest absolute Gasteiger partial charge is 0.252 e.